The summed E-state index contributed by atoms with van der Waals surface area (Å²) in [5.74, 6) is 1.91. The maximum Gasteiger partial charge on any atom is 0.119 e. The number of hydrogen-bond acceptors (Lipinski definition) is 3. The second-order valence-electron chi connectivity index (χ2n) is 14.2. The highest BCUT2D eigenvalue weighted by Crippen LogP contribution is 2.55. The zero-order valence-electron chi connectivity index (χ0n) is 30.0. The molecule has 0 atom stereocenters. The molecule has 0 N–H and O–H groups in total. The van der Waals surface area contributed by atoms with Crippen LogP contribution in [0, 0.1) is 0 Å². The van der Waals surface area contributed by atoms with Gasteiger partial charge < -0.3 is 18.7 Å². The summed E-state index contributed by atoms with van der Waals surface area (Å²) >= 11 is 0. The Balaban J connectivity index is 0.938. The fourth-order valence-corrected chi connectivity index (χ4v) is 11.6. The average molecular weight is 688 g/mol. The number of hydrogen-bond donors (Lipinski definition) is 0. The third kappa shape index (κ3) is 9.63. The van der Waals surface area contributed by atoms with E-state index in [1.165, 1.54) is 58.3 Å². The third-order valence-corrected chi connectivity index (χ3v) is 14.5. The number of fused-ring (bicyclic) bond motifs is 1. The van der Waals surface area contributed by atoms with E-state index in [9.17, 15) is 0 Å². The number of ether oxygens (including phenoxy) is 3. The van der Waals surface area contributed by atoms with Gasteiger partial charge in [-0.15, -0.1) is 0 Å². The highest BCUT2D eigenvalue weighted by Gasteiger charge is 2.44. The van der Waals surface area contributed by atoms with Crippen LogP contribution in [0.5, 0.6) is 11.5 Å². The number of benzene rings is 5. The molecule has 0 aliphatic heterocycles. The fourth-order valence-electron chi connectivity index (χ4n) is 7.22. The molecule has 50 heavy (non-hydrogen) atoms. The number of aryl methyl sites for hydroxylation is 2. The molecular weight excluding hydrogens is 633 g/mol. The first-order valence-electron chi connectivity index (χ1n) is 18.4. The van der Waals surface area contributed by atoms with Gasteiger partial charge in [-0.3, -0.25) is 0 Å². The van der Waals surface area contributed by atoms with E-state index in [2.05, 4.69) is 148 Å². The van der Waals surface area contributed by atoms with Crippen LogP contribution in [0.4, 0.5) is 0 Å². The highest BCUT2D eigenvalue weighted by atomic mass is 31.2. The van der Waals surface area contributed by atoms with Gasteiger partial charge in [-0.1, -0.05) is 60.7 Å². The Bertz CT molecular complexity index is 1630. The fraction of sp³-hybridized carbons (Fsp3) is 0.333. The van der Waals surface area contributed by atoms with E-state index in [4.69, 9.17) is 14.2 Å². The number of unbranched alkanes of at least 4 members (excludes halogenated alkanes) is 1. The van der Waals surface area contributed by atoms with Crippen LogP contribution >= 0.6 is 7.26 Å². The van der Waals surface area contributed by atoms with E-state index in [1.54, 1.807) is 0 Å². The highest BCUT2D eigenvalue weighted by molar-refractivity contribution is 7.95. The predicted octanol–water partition coefficient (Wildman–Crippen LogP) is 8.39. The second-order valence-corrected chi connectivity index (χ2v) is 17.8. The molecule has 0 unspecified atom stereocenters. The maximum atomic E-state index is 6.26. The summed E-state index contributed by atoms with van der Waals surface area (Å²) < 4.78 is 19.1. The lowest BCUT2D eigenvalue weighted by Crippen LogP contribution is -2.41. The minimum atomic E-state index is -1.80. The van der Waals surface area contributed by atoms with Crippen molar-refractivity contribution in [3.63, 3.8) is 0 Å². The Morgan fingerprint density at radius 2 is 1.10 bits per heavy atom. The summed E-state index contributed by atoms with van der Waals surface area (Å²) in [7, 11) is 2.73. The summed E-state index contributed by atoms with van der Waals surface area (Å²) in [5.41, 5.74) is 4.25. The smallest absolute Gasteiger partial charge is 0.119 e. The van der Waals surface area contributed by atoms with Gasteiger partial charge in [-0.2, -0.15) is 0 Å². The summed E-state index contributed by atoms with van der Waals surface area (Å²) in [4.78, 5) is 0. The van der Waals surface area contributed by atoms with Crippen molar-refractivity contribution in [2.24, 2.45) is 0 Å². The molecule has 0 aromatic heterocycles. The van der Waals surface area contributed by atoms with Crippen LogP contribution in [0.15, 0.2) is 133 Å². The van der Waals surface area contributed by atoms with E-state index in [0.717, 1.165) is 48.1 Å². The molecule has 4 nitrogen and oxygen atoms in total. The Kier molecular flexibility index (Phi) is 12.8. The van der Waals surface area contributed by atoms with Crippen LogP contribution in [0.25, 0.3) is 0 Å². The van der Waals surface area contributed by atoms with Crippen LogP contribution in [0.1, 0.15) is 42.4 Å². The van der Waals surface area contributed by atoms with E-state index >= 15 is 0 Å². The van der Waals surface area contributed by atoms with Gasteiger partial charge in [0.05, 0.1) is 40.1 Å². The third-order valence-electron chi connectivity index (χ3n) is 9.94. The number of rotatable bonds is 18. The quantitative estimate of drug-likeness (QED) is 0.0527. The van der Waals surface area contributed by atoms with Gasteiger partial charge in [0.25, 0.3) is 0 Å². The Morgan fingerprint density at radius 1 is 0.540 bits per heavy atom. The number of quaternary nitrogens is 1. The molecule has 1 aliphatic rings. The predicted molar refractivity (Wildman–Crippen MR) is 211 cm³/mol. The molecule has 0 fully saturated rings. The summed E-state index contributed by atoms with van der Waals surface area (Å²) in [5, 5.41) is 4.32. The molecule has 0 saturated heterocycles. The largest absolute Gasteiger partial charge is 0.494 e. The van der Waals surface area contributed by atoms with Crippen molar-refractivity contribution in [2.75, 3.05) is 53.2 Å². The van der Waals surface area contributed by atoms with Gasteiger partial charge in [-0.05, 0) is 122 Å². The van der Waals surface area contributed by atoms with Gasteiger partial charge in [0.15, 0.2) is 0 Å². The molecule has 5 aromatic carbocycles. The molecule has 0 amide bonds. The summed E-state index contributed by atoms with van der Waals surface area (Å²) in [6.45, 7) is 4.51. The SMILES string of the molecule is C[N+](C)(CCOCCOc1ccc2c(c1)CCCC2)Cc1ccc(OCCCC[P+](c2ccccc2)(c2ccccc2)c2ccccc2)cc1. The normalized spacial score (nSPS) is 13.1. The zero-order chi connectivity index (χ0) is 34.5. The molecule has 6 rings (SSSR count). The molecule has 5 aromatic rings. The molecule has 5 heteroatoms. The van der Waals surface area contributed by atoms with Crippen molar-refractivity contribution < 1.29 is 18.7 Å². The Morgan fingerprint density at radius 3 is 1.72 bits per heavy atom. The molecule has 0 saturated carbocycles. The van der Waals surface area contributed by atoms with Crippen LogP contribution in [0.3, 0.4) is 0 Å². The van der Waals surface area contributed by atoms with Crippen LogP contribution in [-0.4, -0.2) is 57.7 Å². The Labute approximate surface area is 301 Å². The Hall–Kier alpha value is -3.95. The second kappa shape index (κ2) is 17.8. The lowest BCUT2D eigenvalue weighted by molar-refractivity contribution is -0.904. The standard InChI is InChI=1S/C45H54NO3P/c1-46(2,30-32-47-33-34-49-42-29-26-39-16-12-13-17-40(39)36-42)37-38-24-27-41(28-25-38)48-31-14-15-35-50(43-18-6-3-7-19-43,44-20-8-4-9-21-44)45-22-10-5-11-23-45/h3-11,18-29,36H,12-17,30-35,37H2,1-2H3/q+2. The van der Waals surface area contributed by atoms with Crippen LogP contribution in [0.2, 0.25) is 0 Å². The maximum absolute atomic E-state index is 6.26. The molecule has 1 aliphatic carbocycles. The van der Waals surface area contributed by atoms with Crippen molar-refractivity contribution in [3.05, 3.63) is 150 Å². The average Bonchev–Trinajstić information content (AvgIpc) is 3.16. The molecule has 0 radical (unpaired) electrons. The van der Waals surface area contributed by atoms with Crippen molar-refractivity contribution in [2.45, 2.75) is 45.1 Å². The van der Waals surface area contributed by atoms with Crippen LogP contribution in [-0.2, 0) is 24.1 Å². The van der Waals surface area contributed by atoms with Crippen molar-refractivity contribution >= 4 is 23.2 Å². The minimum Gasteiger partial charge on any atom is -0.494 e. The molecule has 0 spiro atoms. The number of nitrogens with zero attached hydrogens (tertiary/aromatic N) is 1. The van der Waals surface area contributed by atoms with Gasteiger partial charge in [0.1, 0.15) is 54.4 Å². The van der Waals surface area contributed by atoms with Gasteiger partial charge >= 0.3 is 0 Å². The van der Waals surface area contributed by atoms with E-state index < -0.39 is 7.26 Å². The van der Waals surface area contributed by atoms with E-state index in [0.29, 0.717) is 26.4 Å². The minimum absolute atomic E-state index is 0.586. The van der Waals surface area contributed by atoms with Gasteiger partial charge in [-0.25, -0.2) is 0 Å². The lowest BCUT2D eigenvalue weighted by atomic mass is 9.92. The summed E-state index contributed by atoms with van der Waals surface area (Å²) in [6, 6.07) is 48.7. The van der Waals surface area contributed by atoms with Gasteiger partial charge in [0.2, 0.25) is 0 Å². The van der Waals surface area contributed by atoms with Crippen molar-refractivity contribution in [3.8, 4) is 11.5 Å². The lowest BCUT2D eigenvalue weighted by Gasteiger charge is -2.29. The van der Waals surface area contributed by atoms with Crippen molar-refractivity contribution in [1.29, 1.82) is 0 Å². The first-order chi connectivity index (χ1) is 24.5. The number of likely N-dealkylation sites (N-methyl/N-ethyl adjacent to an activating group) is 1. The monoisotopic (exact) mass is 687 g/mol. The summed E-state index contributed by atoms with van der Waals surface area (Å²) in [6.07, 6.45) is 8.19. The van der Waals surface area contributed by atoms with Crippen molar-refractivity contribution in [1.82, 2.24) is 0 Å². The van der Waals surface area contributed by atoms with Crippen LogP contribution < -0.4 is 25.4 Å². The molecule has 0 bridgehead atoms. The zero-order valence-corrected chi connectivity index (χ0v) is 30.9. The first kappa shape index (κ1) is 35.9. The topological polar surface area (TPSA) is 27.7 Å². The van der Waals surface area contributed by atoms with E-state index in [-0.39, 0.29) is 0 Å². The first-order valence-corrected chi connectivity index (χ1v) is 20.4. The van der Waals surface area contributed by atoms with Gasteiger partial charge in [0, 0.05) is 5.56 Å². The molecule has 260 valence electrons. The molecular formula is C45H54NO3P+2. The van der Waals surface area contributed by atoms with E-state index in [1.807, 2.05) is 0 Å². The molecule has 0 heterocycles.